The lowest BCUT2D eigenvalue weighted by molar-refractivity contribution is 0.0970. The van der Waals surface area contributed by atoms with Crippen LogP contribution in [0.15, 0.2) is 60.5 Å². The van der Waals surface area contributed by atoms with Crippen LogP contribution in [0.2, 0.25) is 0 Å². The van der Waals surface area contributed by atoms with Crippen LogP contribution in [0.3, 0.4) is 0 Å². The third-order valence-corrected chi connectivity index (χ3v) is 8.04. The number of amides is 3. The van der Waals surface area contributed by atoms with Gasteiger partial charge >= 0.3 is 6.03 Å². The van der Waals surface area contributed by atoms with Gasteiger partial charge in [0.2, 0.25) is 0 Å². The maximum absolute atomic E-state index is 12.9. The van der Waals surface area contributed by atoms with Crippen LogP contribution < -0.4 is 25.0 Å². The molecule has 4 rings (SSSR count). The SMILES string of the molecule is CNC(=O)N1CCc2cc(OC(C=CNC(=O)c3ccc(C4CCN(CC(C)C)CC4)cc3)=CC=N)c(OCCCOC)cc21. The van der Waals surface area contributed by atoms with Crippen LogP contribution in [0, 0.1) is 11.3 Å². The first kappa shape index (κ1) is 33.7. The number of carbonyl (C=O) groups is 2. The second-order valence-corrected chi connectivity index (χ2v) is 11.8. The van der Waals surface area contributed by atoms with Gasteiger partial charge in [0.1, 0.15) is 5.76 Å². The van der Waals surface area contributed by atoms with Crippen molar-refractivity contribution in [3.05, 3.63) is 77.2 Å². The molecule has 2 aromatic rings. The fraction of sp³-hybridized carbons (Fsp3) is 0.457. The van der Waals surface area contributed by atoms with E-state index in [2.05, 4.69) is 41.5 Å². The number of nitrogens with zero attached hydrogens (tertiary/aromatic N) is 2. The van der Waals surface area contributed by atoms with Crippen molar-refractivity contribution in [1.82, 2.24) is 15.5 Å². The first-order valence-electron chi connectivity index (χ1n) is 15.8. The predicted molar refractivity (Wildman–Crippen MR) is 178 cm³/mol. The molecule has 10 heteroatoms. The third kappa shape index (κ3) is 9.42. The number of hydrogen-bond donors (Lipinski definition) is 3. The number of nitrogens with one attached hydrogen (secondary N) is 3. The van der Waals surface area contributed by atoms with E-state index in [1.54, 1.807) is 25.1 Å². The van der Waals surface area contributed by atoms with E-state index in [-0.39, 0.29) is 11.9 Å². The van der Waals surface area contributed by atoms with Gasteiger partial charge in [-0.1, -0.05) is 26.0 Å². The largest absolute Gasteiger partial charge is 0.490 e. The van der Waals surface area contributed by atoms with Gasteiger partial charge in [-0.3, -0.25) is 9.69 Å². The zero-order valence-corrected chi connectivity index (χ0v) is 26.9. The molecule has 0 saturated carbocycles. The van der Waals surface area contributed by atoms with E-state index in [9.17, 15) is 9.59 Å². The van der Waals surface area contributed by atoms with Crippen molar-refractivity contribution in [2.45, 2.75) is 45.4 Å². The molecule has 0 unspecified atom stereocenters. The van der Waals surface area contributed by atoms with Crippen LogP contribution in [-0.4, -0.2) is 76.6 Å². The first-order valence-corrected chi connectivity index (χ1v) is 15.8. The average Bonchev–Trinajstić information content (AvgIpc) is 3.45. The standard InChI is InChI=1S/C35H47N5O5/c1-25(2)24-39-17-12-27(13-18-39)26-6-8-28(9-7-26)34(41)38-16-11-30(10-15-36)45-33-22-29-14-19-40(35(42)37-3)31(29)23-32(33)44-21-5-20-43-4/h6-11,15-16,22-23,25,27,36H,5,12-14,17-21,24H2,1-4H3,(H,37,42)(H,38,41). The molecule has 0 atom stereocenters. The Balaban J connectivity index is 1.40. The van der Waals surface area contributed by atoms with Crippen molar-refractivity contribution in [1.29, 1.82) is 5.41 Å². The Bertz CT molecular complexity index is 1360. The number of ether oxygens (including phenoxy) is 3. The summed E-state index contributed by atoms with van der Waals surface area (Å²) in [4.78, 5) is 29.5. The van der Waals surface area contributed by atoms with Crippen molar-refractivity contribution >= 4 is 23.8 Å². The second-order valence-electron chi connectivity index (χ2n) is 11.8. The summed E-state index contributed by atoms with van der Waals surface area (Å²) < 4.78 is 17.4. The molecule has 2 aliphatic heterocycles. The van der Waals surface area contributed by atoms with E-state index in [0.29, 0.717) is 67.3 Å². The number of urea groups is 1. The number of fused-ring (bicyclic) bond motifs is 1. The summed E-state index contributed by atoms with van der Waals surface area (Å²) in [6.07, 6.45) is 9.35. The number of likely N-dealkylation sites (tertiary alicyclic amines) is 1. The summed E-state index contributed by atoms with van der Waals surface area (Å²) in [5.41, 5.74) is 3.58. The smallest absolute Gasteiger partial charge is 0.321 e. The van der Waals surface area contributed by atoms with E-state index in [0.717, 1.165) is 49.9 Å². The first-order chi connectivity index (χ1) is 21.8. The van der Waals surface area contributed by atoms with E-state index < -0.39 is 0 Å². The monoisotopic (exact) mass is 617 g/mol. The van der Waals surface area contributed by atoms with Crippen LogP contribution in [0.4, 0.5) is 10.5 Å². The molecule has 2 aliphatic rings. The van der Waals surface area contributed by atoms with Crippen LogP contribution in [0.5, 0.6) is 11.5 Å². The number of carbonyl (C=O) groups excluding carboxylic acids is 2. The Hall–Kier alpha value is -4.15. The Morgan fingerprint density at radius 1 is 1.07 bits per heavy atom. The summed E-state index contributed by atoms with van der Waals surface area (Å²) in [6, 6.07) is 11.4. The van der Waals surface area contributed by atoms with E-state index in [1.807, 2.05) is 24.3 Å². The average molecular weight is 618 g/mol. The molecule has 45 heavy (non-hydrogen) atoms. The second kappa shape index (κ2) is 16.8. The fourth-order valence-corrected chi connectivity index (χ4v) is 5.81. The molecule has 2 heterocycles. The van der Waals surface area contributed by atoms with Gasteiger partial charge in [-0.2, -0.15) is 0 Å². The molecule has 0 aromatic heterocycles. The molecular formula is C35H47N5O5. The fourth-order valence-electron chi connectivity index (χ4n) is 5.81. The number of methoxy groups -OCH3 is 1. The van der Waals surface area contributed by atoms with Crippen LogP contribution in [0.1, 0.15) is 60.5 Å². The zero-order chi connectivity index (χ0) is 32.2. The van der Waals surface area contributed by atoms with Gasteiger partial charge in [0.15, 0.2) is 11.5 Å². The number of benzene rings is 2. The molecule has 2 aromatic carbocycles. The molecule has 242 valence electrons. The van der Waals surface area contributed by atoms with Crippen molar-refractivity contribution in [3.63, 3.8) is 0 Å². The third-order valence-electron chi connectivity index (χ3n) is 8.04. The van der Waals surface area contributed by atoms with Gasteiger partial charge in [-0.15, -0.1) is 0 Å². The molecule has 0 spiro atoms. The maximum Gasteiger partial charge on any atom is 0.321 e. The summed E-state index contributed by atoms with van der Waals surface area (Å²) in [5, 5.41) is 13.1. The minimum Gasteiger partial charge on any atom is -0.490 e. The lowest BCUT2D eigenvalue weighted by Gasteiger charge is -2.33. The summed E-state index contributed by atoms with van der Waals surface area (Å²) in [7, 11) is 3.24. The molecule has 0 aliphatic carbocycles. The van der Waals surface area contributed by atoms with Gasteiger partial charge in [0.05, 0.1) is 12.3 Å². The minimum absolute atomic E-state index is 0.187. The van der Waals surface area contributed by atoms with Crippen molar-refractivity contribution in [3.8, 4) is 11.5 Å². The molecule has 3 N–H and O–H groups in total. The highest BCUT2D eigenvalue weighted by Gasteiger charge is 2.27. The molecular weight excluding hydrogens is 570 g/mol. The molecule has 1 fully saturated rings. The Labute approximate surface area is 266 Å². The van der Waals surface area contributed by atoms with Gasteiger partial charge in [0, 0.05) is 64.3 Å². The number of rotatable bonds is 14. The van der Waals surface area contributed by atoms with Gasteiger partial charge in [-0.05, 0) is 85.7 Å². The summed E-state index contributed by atoms with van der Waals surface area (Å²) >= 11 is 0. The predicted octanol–water partition coefficient (Wildman–Crippen LogP) is 5.50. The number of allylic oxidation sites excluding steroid dienone is 2. The van der Waals surface area contributed by atoms with Crippen molar-refractivity contribution in [2.75, 3.05) is 58.5 Å². The lowest BCUT2D eigenvalue weighted by atomic mass is 9.88. The van der Waals surface area contributed by atoms with Gasteiger partial charge in [-0.25, -0.2) is 4.79 Å². The minimum atomic E-state index is -0.229. The topological polar surface area (TPSA) is 116 Å². The quantitative estimate of drug-likeness (QED) is 0.112. The van der Waals surface area contributed by atoms with E-state index >= 15 is 0 Å². The Morgan fingerprint density at radius 2 is 1.82 bits per heavy atom. The lowest BCUT2D eigenvalue weighted by Crippen LogP contribution is -2.36. The normalized spacial score (nSPS) is 15.8. The maximum atomic E-state index is 12.9. The molecule has 10 nitrogen and oxygen atoms in total. The zero-order valence-electron chi connectivity index (χ0n) is 26.9. The van der Waals surface area contributed by atoms with Crippen LogP contribution >= 0.6 is 0 Å². The van der Waals surface area contributed by atoms with Gasteiger partial charge in [0.25, 0.3) is 5.91 Å². The summed E-state index contributed by atoms with van der Waals surface area (Å²) in [6.45, 7) is 9.40. The highest BCUT2D eigenvalue weighted by atomic mass is 16.5. The summed E-state index contributed by atoms with van der Waals surface area (Å²) in [5.74, 6) is 2.25. The number of piperidine rings is 1. The number of hydrogen-bond acceptors (Lipinski definition) is 7. The Morgan fingerprint density at radius 3 is 2.49 bits per heavy atom. The molecule has 1 saturated heterocycles. The van der Waals surface area contributed by atoms with E-state index in [1.165, 1.54) is 17.8 Å². The van der Waals surface area contributed by atoms with Crippen molar-refractivity contribution in [2.24, 2.45) is 5.92 Å². The highest BCUT2D eigenvalue weighted by Crippen LogP contribution is 2.40. The van der Waals surface area contributed by atoms with Crippen molar-refractivity contribution < 1.29 is 23.8 Å². The van der Waals surface area contributed by atoms with Gasteiger partial charge < -0.3 is 35.2 Å². The highest BCUT2D eigenvalue weighted by molar-refractivity contribution is 5.95. The molecule has 3 amide bonds. The Kier molecular flexibility index (Phi) is 12.6. The van der Waals surface area contributed by atoms with E-state index in [4.69, 9.17) is 19.6 Å². The number of anilines is 1. The van der Waals surface area contributed by atoms with Crippen LogP contribution in [0.25, 0.3) is 0 Å². The molecule has 0 radical (unpaired) electrons. The molecule has 0 bridgehead atoms. The van der Waals surface area contributed by atoms with Crippen LogP contribution in [-0.2, 0) is 11.2 Å².